The highest BCUT2D eigenvalue weighted by atomic mass is 35.5. The minimum Gasteiger partial charge on any atom is -0.476 e. The van der Waals surface area contributed by atoms with Gasteiger partial charge in [-0.2, -0.15) is 5.26 Å². The number of nitriles is 1. The molecule has 1 heterocycles. The molecule has 158 valence electrons. The van der Waals surface area contributed by atoms with Gasteiger partial charge in [-0.05, 0) is 55.5 Å². The van der Waals surface area contributed by atoms with E-state index in [4.69, 9.17) is 32.9 Å². The molecule has 1 aliphatic rings. The van der Waals surface area contributed by atoms with E-state index in [2.05, 4.69) is 6.07 Å². The number of halogens is 2. The summed E-state index contributed by atoms with van der Waals surface area (Å²) in [6.07, 6.45) is 6.11. The highest BCUT2D eigenvalue weighted by Crippen LogP contribution is 2.39. The Hall–Kier alpha value is -2.54. The van der Waals surface area contributed by atoms with E-state index in [1.54, 1.807) is 12.1 Å². The molecule has 0 N–H and O–H groups in total. The molecule has 5 heteroatoms. The molecule has 0 unspecified atom stereocenters. The fourth-order valence-electron chi connectivity index (χ4n) is 4.08. The van der Waals surface area contributed by atoms with E-state index in [9.17, 15) is 5.26 Å². The second kappa shape index (κ2) is 9.73. The van der Waals surface area contributed by atoms with Gasteiger partial charge in [0.25, 0.3) is 0 Å². The van der Waals surface area contributed by atoms with Crippen molar-refractivity contribution in [2.45, 2.75) is 39.0 Å². The summed E-state index contributed by atoms with van der Waals surface area (Å²) in [5.41, 5.74) is 4.84. The first-order chi connectivity index (χ1) is 15.0. The zero-order valence-corrected chi connectivity index (χ0v) is 19.0. The van der Waals surface area contributed by atoms with Gasteiger partial charge in [-0.3, -0.25) is 0 Å². The predicted octanol–water partition coefficient (Wildman–Crippen LogP) is 7.86. The average Bonchev–Trinajstić information content (AvgIpc) is 2.78. The SMILES string of the molecule is Cc1ccc(-c2cc(C#N)c(OCC3CCCCC3)nc2-c2ccc(Cl)cc2Cl)cc1. The third kappa shape index (κ3) is 5.03. The first-order valence-corrected chi connectivity index (χ1v) is 11.4. The van der Waals surface area contributed by atoms with E-state index in [1.165, 1.54) is 32.1 Å². The topological polar surface area (TPSA) is 45.9 Å². The summed E-state index contributed by atoms with van der Waals surface area (Å²) in [4.78, 5) is 4.82. The molecule has 4 rings (SSSR count). The lowest BCUT2D eigenvalue weighted by atomic mass is 9.90. The molecule has 31 heavy (non-hydrogen) atoms. The number of aromatic nitrogens is 1. The quantitative estimate of drug-likeness (QED) is 0.397. The molecule has 0 atom stereocenters. The number of nitrogens with zero attached hydrogens (tertiary/aromatic N) is 2. The lowest BCUT2D eigenvalue weighted by Crippen LogP contribution is -2.16. The van der Waals surface area contributed by atoms with Crippen molar-refractivity contribution in [3.63, 3.8) is 0 Å². The van der Waals surface area contributed by atoms with Gasteiger partial charge in [0.2, 0.25) is 5.88 Å². The van der Waals surface area contributed by atoms with Crippen molar-refractivity contribution in [3.8, 4) is 34.3 Å². The van der Waals surface area contributed by atoms with Gasteiger partial charge in [-0.25, -0.2) is 4.98 Å². The van der Waals surface area contributed by atoms with Crippen molar-refractivity contribution in [1.29, 1.82) is 5.26 Å². The summed E-state index contributed by atoms with van der Waals surface area (Å²) in [5.74, 6) is 0.881. The molecule has 0 bridgehead atoms. The van der Waals surface area contributed by atoms with E-state index in [0.717, 1.165) is 22.3 Å². The van der Waals surface area contributed by atoms with Crippen LogP contribution in [0.4, 0.5) is 0 Å². The van der Waals surface area contributed by atoms with E-state index in [-0.39, 0.29) is 0 Å². The van der Waals surface area contributed by atoms with Crippen LogP contribution in [-0.2, 0) is 0 Å². The number of ether oxygens (including phenoxy) is 1. The van der Waals surface area contributed by atoms with Crippen LogP contribution in [0.5, 0.6) is 5.88 Å². The van der Waals surface area contributed by atoms with Crippen molar-refractivity contribution in [3.05, 3.63) is 69.7 Å². The Kier molecular flexibility index (Phi) is 6.80. The van der Waals surface area contributed by atoms with Gasteiger partial charge in [-0.15, -0.1) is 0 Å². The summed E-state index contributed by atoms with van der Waals surface area (Å²) >= 11 is 12.7. The Morgan fingerprint density at radius 2 is 1.74 bits per heavy atom. The molecule has 3 nitrogen and oxygen atoms in total. The minimum absolute atomic E-state index is 0.366. The number of hydrogen-bond donors (Lipinski definition) is 0. The average molecular weight is 451 g/mol. The smallest absolute Gasteiger partial charge is 0.232 e. The van der Waals surface area contributed by atoms with Crippen LogP contribution in [0.25, 0.3) is 22.4 Å². The van der Waals surface area contributed by atoms with Gasteiger partial charge in [0.15, 0.2) is 0 Å². The van der Waals surface area contributed by atoms with Crippen molar-refractivity contribution in [2.24, 2.45) is 5.92 Å². The second-order valence-corrected chi connectivity index (χ2v) is 9.00. The first kappa shape index (κ1) is 21.7. The number of aryl methyl sites for hydroxylation is 1. The van der Waals surface area contributed by atoms with Crippen LogP contribution in [0.2, 0.25) is 10.0 Å². The third-order valence-electron chi connectivity index (χ3n) is 5.84. The zero-order chi connectivity index (χ0) is 21.8. The highest BCUT2D eigenvalue weighted by molar-refractivity contribution is 6.36. The van der Waals surface area contributed by atoms with Crippen LogP contribution in [-0.4, -0.2) is 11.6 Å². The third-order valence-corrected chi connectivity index (χ3v) is 6.39. The molecule has 0 aliphatic heterocycles. The van der Waals surface area contributed by atoms with Crippen LogP contribution < -0.4 is 4.74 Å². The fraction of sp³-hybridized carbons (Fsp3) is 0.308. The lowest BCUT2D eigenvalue weighted by Gasteiger charge is -2.22. The maximum atomic E-state index is 9.81. The van der Waals surface area contributed by atoms with Gasteiger partial charge in [0, 0.05) is 16.1 Å². The van der Waals surface area contributed by atoms with E-state index in [1.807, 2.05) is 43.3 Å². The Balaban J connectivity index is 1.80. The van der Waals surface area contributed by atoms with Crippen molar-refractivity contribution in [1.82, 2.24) is 4.98 Å². The van der Waals surface area contributed by atoms with Gasteiger partial charge >= 0.3 is 0 Å². The molecule has 1 saturated carbocycles. The van der Waals surface area contributed by atoms with Crippen LogP contribution in [0.15, 0.2) is 48.5 Å². The molecule has 3 aromatic rings. The molecule has 0 spiro atoms. The Morgan fingerprint density at radius 3 is 2.42 bits per heavy atom. The predicted molar refractivity (Wildman–Crippen MR) is 127 cm³/mol. The largest absolute Gasteiger partial charge is 0.476 e. The number of benzene rings is 2. The number of rotatable bonds is 5. The Bertz CT molecular complexity index is 1110. The van der Waals surface area contributed by atoms with Crippen LogP contribution >= 0.6 is 23.2 Å². The number of pyridine rings is 1. The molecule has 0 saturated heterocycles. The van der Waals surface area contributed by atoms with Gasteiger partial charge < -0.3 is 4.74 Å². The number of hydrogen-bond acceptors (Lipinski definition) is 3. The summed E-state index contributed by atoms with van der Waals surface area (Å²) in [7, 11) is 0. The standard InChI is InChI=1S/C26H24Cl2N2O/c1-17-7-9-19(10-8-17)23-13-20(15-29)26(31-16-18-5-3-2-4-6-18)30-25(23)22-12-11-21(27)14-24(22)28/h7-14,18H,2-6,16H2,1H3. The summed E-state index contributed by atoms with van der Waals surface area (Å²) in [6.45, 7) is 2.63. The van der Waals surface area contributed by atoms with Gasteiger partial charge in [0.1, 0.15) is 11.6 Å². The molecule has 2 aromatic carbocycles. The minimum atomic E-state index is 0.366. The van der Waals surface area contributed by atoms with Crippen molar-refractivity contribution >= 4 is 23.2 Å². The maximum absolute atomic E-state index is 9.81. The maximum Gasteiger partial charge on any atom is 0.232 e. The Morgan fingerprint density at radius 1 is 1.00 bits per heavy atom. The molecule has 1 fully saturated rings. The van der Waals surface area contributed by atoms with E-state index >= 15 is 0 Å². The summed E-state index contributed by atoms with van der Waals surface area (Å²) in [6, 6.07) is 17.6. The van der Waals surface area contributed by atoms with E-state index in [0.29, 0.717) is 39.7 Å². The molecule has 0 amide bonds. The zero-order valence-electron chi connectivity index (χ0n) is 17.5. The van der Waals surface area contributed by atoms with Gasteiger partial charge in [-0.1, -0.05) is 72.3 Å². The van der Waals surface area contributed by atoms with Crippen molar-refractivity contribution in [2.75, 3.05) is 6.61 Å². The van der Waals surface area contributed by atoms with Crippen LogP contribution in [0.1, 0.15) is 43.2 Å². The second-order valence-electron chi connectivity index (χ2n) is 8.15. The highest BCUT2D eigenvalue weighted by Gasteiger charge is 2.20. The molecule has 0 radical (unpaired) electrons. The van der Waals surface area contributed by atoms with E-state index < -0.39 is 0 Å². The van der Waals surface area contributed by atoms with Crippen molar-refractivity contribution < 1.29 is 4.74 Å². The Labute approximate surface area is 193 Å². The summed E-state index contributed by atoms with van der Waals surface area (Å²) < 4.78 is 6.10. The summed E-state index contributed by atoms with van der Waals surface area (Å²) in [5, 5.41) is 10.9. The molecular weight excluding hydrogens is 427 g/mol. The van der Waals surface area contributed by atoms with Crippen LogP contribution in [0, 0.1) is 24.2 Å². The monoisotopic (exact) mass is 450 g/mol. The van der Waals surface area contributed by atoms with Gasteiger partial charge in [0.05, 0.1) is 17.3 Å². The normalized spacial score (nSPS) is 14.3. The lowest BCUT2D eigenvalue weighted by molar-refractivity contribution is 0.202. The van der Waals surface area contributed by atoms with Crippen LogP contribution in [0.3, 0.4) is 0 Å². The molecule has 1 aromatic heterocycles. The molecular formula is C26H24Cl2N2O. The first-order valence-electron chi connectivity index (χ1n) is 10.7. The molecule has 1 aliphatic carbocycles. The fourth-order valence-corrected chi connectivity index (χ4v) is 4.58.